The van der Waals surface area contributed by atoms with E-state index in [2.05, 4.69) is 4.99 Å². The number of pyridine rings is 1. The van der Waals surface area contributed by atoms with E-state index in [9.17, 15) is 14.4 Å². The van der Waals surface area contributed by atoms with Gasteiger partial charge in [0.1, 0.15) is 6.54 Å². The van der Waals surface area contributed by atoms with Crippen LogP contribution in [0.3, 0.4) is 0 Å². The number of carbonyl (C=O) groups is 3. The summed E-state index contributed by atoms with van der Waals surface area (Å²) in [4.78, 5) is 47.6. The number of methoxy groups -OCH3 is 1. The van der Waals surface area contributed by atoms with Gasteiger partial charge in [-0.1, -0.05) is 59.9 Å². The molecule has 2 heterocycles. The van der Waals surface area contributed by atoms with Gasteiger partial charge in [-0.05, 0) is 37.3 Å². The SMILES string of the molecule is CCOC(=O)c1ccc2c(c1)sc(=NC(=O)c1cc(-c3ccccc3)nc3ccccc13)n2CC(=O)OC. The summed E-state index contributed by atoms with van der Waals surface area (Å²) < 4.78 is 12.3. The molecule has 0 atom stereocenters. The number of fused-ring (bicyclic) bond motifs is 2. The van der Waals surface area contributed by atoms with Gasteiger partial charge >= 0.3 is 11.9 Å². The first-order valence-electron chi connectivity index (χ1n) is 11.9. The van der Waals surface area contributed by atoms with Crippen LogP contribution in [0, 0.1) is 0 Å². The van der Waals surface area contributed by atoms with Crippen LogP contribution in [0.1, 0.15) is 27.6 Å². The van der Waals surface area contributed by atoms with Crippen LogP contribution < -0.4 is 4.80 Å². The molecule has 0 saturated heterocycles. The first-order valence-corrected chi connectivity index (χ1v) is 12.7. The van der Waals surface area contributed by atoms with Gasteiger partial charge in [-0.15, -0.1) is 0 Å². The Balaban J connectivity index is 1.67. The second kappa shape index (κ2) is 10.8. The third kappa shape index (κ3) is 4.96. The Morgan fingerprint density at radius 2 is 1.74 bits per heavy atom. The molecule has 38 heavy (non-hydrogen) atoms. The van der Waals surface area contributed by atoms with E-state index in [0.717, 1.165) is 5.56 Å². The van der Waals surface area contributed by atoms with Crippen LogP contribution in [0.4, 0.5) is 0 Å². The minimum atomic E-state index is -0.492. The van der Waals surface area contributed by atoms with Gasteiger partial charge in [0.05, 0.1) is 46.3 Å². The third-order valence-electron chi connectivity index (χ3n) is 5.92. The van der Waals surface area contributed by atoms with Crippen molar-refractivity contribution in [2.45, 2.75) is 13.5 Å². The quantitative estimate of drug-likeness (QED) is 0.289. The standard InChI is InChI=1S/C29H23N3O5S/c1-3-37-28(35)19-13-14-24-25(15-19)38-29(32(24)17-26(33)36-2)31-27(34)21-16-23(18-9-5-4-6-10-18)30-22-12-8-7-11-20(21)22/h4-16H,3,17H2,1-2H3. The number of ether oxygens (including phenoxy) is 2. The summed E-state index contributed by atoms with van der Waals surface area (Å²) >= 11 is 1.20. The molecule has 5 aromatic rings. The van der Waals surface area contributed by atoms with Crippen molar-refractivity contribution >= 4 is 50.3 Å². The van der Waals surface area contributed by atoms with Gasteiger partial charge in [0, 0.05) is 10.9 Å². The van der Waals surface area contributed by atoms with Crippen LogP contribution in [-0.4, -0.2) is 41.1 Å². The van der Waals surface area contributed by atoms with Gasteiger partial charge < -0.3 is 14.0 Å². The van der Waals surface area contributed by atoms with Gasteiger partial charge in [0.15, 0.2) is 4.80 Å². The fourth-order valence-corrected chi connectivity index (χ4v) is 5.17. The van der Waals surface area contributed by atoms with Crippen LogP contribution in [0.5, 0.6) is 0 Å². The van der Waals surface area contributed by atoms with Gasteiger partial charge in [0.25, 0.3) is 5.91 Å². The number of nitrogens with zero attached hydrogens (tertiary/aromatic N) is 3. The van der Waals surface area contributed by atoms with E-state index in [1.54, 1.807) is 35.8 Å². The maximum atomic E-state index is 13.7. The lowest BCUT2D eigenvalue weighted by molar-refractivity contribution is -0.141. The second-order valence-corrected chi connectivity index (χ2v) is 9.31. The molecule has 0 fully saturated rings. The van der Waals surface area contributed by atoms with Crippen molar-refractivity contribution in [2.75, 3.05) is 13.7 Å². The first-order chi connectivity index (χ1) is 18.5. The Labute approximate surface area is 221 Å². The zero-order chi connectivity index (χ0) is 26.6. The highest BCUT2D eigenvalue weighted by molar-refractivity contribution is 7.16. The molecule has 190 valence electrons. The molecule has 3 aromatic carbocycles. The zero-order valence-corrected chi connectivity index (χ0v) is 21.5. The average molecular weight is 526 g/mol. The molecule has 0 saturated carbocycles. The Morgan fingerprint density at radius 1 is 0.974 bits per heavy atom. The summed E-state index contributed by atoms with van der Waals surface area (Å²) in [7, 11) is 1.30. The molecule has 0 spiro atoms. The van der Waals surface area contributed by atoms with Crippen molar-refractivity contribution in [3.8, 4) is 11.3 Å². The van der Waals surface area contributed by atoms with Crippen molar-refractivity contribution in [1.29, 1.82) is 0 Å². The monoisotopic (exact) mass is 525 g/mol. The van der Waals surface area contributed by atoms with E-state index in [4.69, 9.17) is 14.5 Å². The number of amides is 1. The van der Waals surface area contributed by atoms with Crippen LogP contribution in [0.2, 0.25) is 0 Å². The van der Waals surface area contributed by atoms with Crippen LogP contribution in [-0.2, 0) is 20.8 Å². The highest BCUT2D eigenvalue weighted by atomic mass is 32.1. The number of carbonyl (C=O) groups excluding carboxylic acids is 3. The van der Waals surface area contributed by atoms with Gasteiger partial charge in [0.2, 0.25) is 0 Å². The molecular weight excluding hydrogens is 502 g/mol. The van der Waals surface area contributed by atoms with E-state index < -0.39 is 17.8 Å². The van der Waals surface area contributed by atoms with E-state index in [0.29, 0.717) is 42.7 Å². The predicted octanol–water partition coefficient (Wildman–Crippen LogP) is 5.01. The lowest BCUT2D eigenvalue weighted by Gasteiger charge is -2.08. The van der Waals surface area contributed by atoms with Crippen molar-refractivity contribution in [2.24, 2.45) is 4.99 Å². The van der Waals surface area contributed by atoms with Crippen LogP contribution in [0.15, 0.2) is 83.9 Å². The van der Waals surface area contributed by atoms with E-state index in [1.807, 2.05) is 54.6 Å². The lowest BCUT2D eigenvalue weighted by atomic mass is 10.0. The van der Waals surface area contributed by atoms with Gasteiger partial charge in [-0.25, -0.2) is 9.78 Å². The third-order valence-corrected chi connectivity index (χ3v) is 6.96. The summed E-state index contributed by atoms with van der Waals surface area (Å²) in [6.07, 6.45) is 0. The molecule has 0 radical (unpaired) electrons. The van der Waals surface area contributed by atoms with Crippen molar-refractivity contribution in [1.82, 2.24) is 9.55 Å². The minimum Gasteiger partial charge on any atom is -0.468 e. The number of aromatic nitrogens is 2. The molecule has 0 N–H and O–H groups in total. The molecule has 0 bridgehead atoms. The average Bonchev–Trinajstić information content (AvgIpc) is 3.28. The Morgan fingerprint density at radius 3 is 2.50 bits per heavy atom. The highest BCUT2D eigenvalue weighted by Crippen LogP contribution is 2.26. The number of hydrogen-bond acceptors (Lipinski definition) is 7. The Hall–Kier alpha value is -4.63. The molecule has 0 aliphatic carbocycles. The number of thiazole rings is 1. The molecule has 9 heteroatoms. The Bertz CT molecular complexity index is 1760. The van der Waals surface area contributed by atoms with E-state index >= 15 is 0 Å². The normalized spacial score (nSPS) is 11.6. The van der Waals surface area contributed by atoms with Crippen LogP contribution >= 0.6 is 11.3 Å². The number of benzene rings is 3. The maximum absolute atomic E-state index is 13.7. The summed E-state index contributed by atoms with van der Waals surface area (Å²) in [5.74, 6) is -1.42. The maximum Gasteiger partial charge on any atom is 0.338 e. The topological polar surface area (TPSA) is 99.9 Å². The molecule has 8 nitrogen and oxygen atoms in total. The molecule has 1 amide bonds. The summed E-state index contributed by atoms with van der Waals surface area (Å²) in [5.41, 5.74) is 3.61. The fraction of sp³-hybridized carbons (Fsp3) is 0.138. The van der Waals surface area contributed by atoms with Gasteiger partial charge in [-0.3, -0.25) is 9.59 Å². The number of rotatable bonds is 6. The van der Waals surface area contributed by atoms with E-state index in [-0.39, 0.29) is 13.2 Å². The van der Waals surface area contributed by atoms with Crippen molar-refractivity contribution in [3.63, 3.8) is 0 Å². The predicted molar refractivity (Wildman–Crippen MR) is 145 cm³/mol. The number of para-hydroxylation sites is 1. The molecule has 0 aliphatic rings. The second-order valence-electron chi connectivity index (χ2n) is 8.31. The van der Waals surface area contributed by atoms with Gasteiger partial charge in [-0.2, -0.15) is 4.99 Å². The van der Waals surface area contributed by atoms with Crippen LogP contribution in [0.25, 0.3) is 32.4 Å². The lowest BCUT2D eigenvalue weighted by Crippen LogP contribution is -2.22. The smallest absolute Gasteiger partial charge is 0.338 e. The zero-order valence-electron chi connectivity index (χ0n) is 20.7. The fourth-order valence-electron chi connectivity index (χ4n) is 4.10. The molecule has 2 aromatic heterocycles. The van der Waals surface area contributed by atoms with Crippen molar-refractivity contribution < 1.29 is 23.9 Å². The molecular formula is C29H23N3O5S. The van der Waals surface area contributed by atoms with Crippen molar-refractivity contribution in [3.05, 3.63) is 94.8 Å². The minimum absolute atomic E-state index is 0.145. The first kappa shape index (κ1) is 25.0. The molecule has 0 unspecified atom stereocenters. The van der Waals surface area contributed by atoms with E-state index in [1.165, 1.54) is 18.4 Å². The summed E-state index contributed by atoms with van der Waals surface area (Å²) in [6.45, 7) is 1.85. The highest BCUT2D eigenvalue weighted by Gasteiger charge is 2.17. The summed E-state index contributed by atoms with van der Waals surface area (Å²) in [5, 5.41) is 0.672. The largest absolute Gasteiger partial charge is 0.468 e. The Kier molecular flexibility index (Phi) is 7.10. The molecule has 5 rings (SSSR count). The summed E-state index contributed by atoms with van der Waals surface area (Å²) in [6, 6.07) is 23.7. The molecule has 0 aliphatic heterocycles. The number of hydrogen-bond donors (Lipinski definition) is 0. The number of esters is 2.